The fraction of sp³-hybridized carbons (Fsp3) is 0.692. The van der Waals surface area contributed by atoms with Crippen LogP contribution in [0.15, 0.2) is 18.2 Å². The molecule has 3 unspecified atom stereocenters. The Morgan fingerprint density at radius 1 is 1.15 bits per heavy atom. The number of hydrogen-bond acceptors (Lipinski definition) is 5. The van der Waals surface area contributed by atoms with Gasteiger partial charge in [0, 0.05) is 25.3 Å². The number of carbonyl (C=O) groups excluding carboxylic acids is 2. The molecule has 1 aromatic carbocycles. The molecule has 218 valence electrons. The average molecular weight is 567 g/mol. The first-order valence-corrected chi connectivity index (χ1v) is 12.8. The Morgan fingerprint density at radius 2 is 1.87 bits per heavy atom. The van der Waals surface area contributed by atoms with E-state index in [-0.39, 0.29) is 69.4 Å². The van der Waals surface area contributed by atoms with Crippen molar-refractivity contribution in [3.63, 3.8) is 0 Å². The topological polar surface area (TPSA) is 68.3 Å². The zero-order valence-corrected chi connectivity index (χ0v) is 21.9. The fourth-order valence-electron chi connectivity index (χ4n) is 6.09. The molecule has 7 nitrogen and oxygen atoms in total. The number of nitrogens with zero attached hydrogens (tertiary/aromatic N) is 2. The Balaban J connectivity index is 1.61. The molecule has 0 spiro atoms. The smallest absolute Gasteiger partial charge is 0.471 e. The zero-order valence-electron chi connectivity index (χ0n) is 21.9. The van der Waals surface area contributed by atoms with Crippen LogP contribution in [0.3, 0.4) is 0 Å². The highest BCUT2D eigenvalue weighted by atomic mass is 19.4. The number of hydrogen-bond donors (Lipinski definition) is 0. The predicted octanol–water partition coefficient (Wildman–Crippen LogP) is 4.77. The van der Waals surface area contributed by atoms with E-state index in [1.165, 1.54) is 18.1 Å². The van der Waals surface area contributed by atoms with Crippen LogP contribution in [0.4, 0.5) is 26.3 Å². The summed E-state index contributed by atoms with van der Waals surface area (Å²) in [6, 6.07) is 1.29. The average Bonchev–Trinajstić information content (AvgIpc) is 3.33. The van der Waals surface area contributed by atoms with E-state index in [0.717, 1.165) is 17.0 Å². The van der Waals surface area contributed by atoms with Gasteiger partial charge in [0.15, 0.2) is 6.73 Å². The number of amides is 2. The summed E-state index contributed by atoms with van der Waals surface area (Å²) in [7, 11) is 1.34. The van der Waals surface area contributed by atoms with Crippen LogP contribution in [-0.4, -0.2) is 73.0 Å². The van der Waals surface area contributed by atoms with Crippen LogP contribution in [-0.2, 0) is 31.8 Å². The maximum Gasteiger partial charge on any atom is 0.471 e. The molecule has 2 fully saturated rings. The van der Waals surface area contributed by atoms with Gasteiger partial charge in [-0.25, -0.2) is 0 Å². The van der Waals surface area contributed by atoms with E-state index in [4.69, 9.17) is 14.2 Å². The van der Waals surface area contributed by atoms with Gasteiger partial charge in [0.2, 0.25) is 5.91 Å². The summed E-state index contributed by atoms with van der Waals surface area (Å²) in [6.07, 6.45) is -9.96. The maximum atomic E-state index is 13.9. The van der Waals surface area contributed by atoms with Gasteiger partial charge in [0.1, 0.15) is 11.9 Å². The van der Waals surface area contributed by atoms with E-state index in [1.807, 2.05) is 0 Å². The second-order valence-corrected chi connectivity index (χ2v) is 10.7. The van der Waals surface area contributed by atoms with E-state index in [1.54, 1.807) is 13.8 Å². The first-order valence-electron chi connectivity index (χ1n) is 12.8. The zero-order chi connectivity index (χ0) is 28.8. The van der Waals surface area contributed by atoms with Crippen molar-refractivity contribution in [1.29, 1.82) is 0 Å². The van der Waals surface area contributed by atoms with Gasteiger partial charge in [-0.3, -0.25) is 9.59 Å². The van der Waals surface area contributed by atoms with E-state index in [2.05, 4.69) is 0 Å². The van der Waals surface area contributed by atoms with Crippen molar-refractivity contribution in [2.24, 2.45) is 11.3 Å². The quantitative estimate of drug-likeness (QED) is 0.481. The minimum Gasteiger partial charge on any atom is -0.473 e. The van der Waals surface area contributed by atoms with Crippen LogP contribution in [0.1, 0.15) is 50.7 Å². The van der Waals surface area contributed by atoms with Gasteiger partial charge in [0.05, 0.1) is 30.2 Å². The van der Waals surface area contributed by atoms with Gasteiger partial charge in [-0.05, 0) is 49.8 Å². The van der Waals surface area contributed by atoms with Crippen LogP contribution in [0.2, 0.25) is 0 Å². The molecule has 2 heterocycles. The van der Waals surface area contributed by atoms with Crippen molar-refractivity contribution >= 4 is 11.8 Å². The van der Waals surface area contributed by atoms with Gasteiger partial charge >= 0.3 is 18.3 Å². The highest BCUT2D eigenvalue weighted by Gasteiger charge is 2.56. The van der Waals surface area contributed by atoms with Gasteiger partial charge in [-0.1, -0.05) is 13.8 Å². The van der Waals surface area contributed by atoms with Crippen molar-refractivity contribution in [3.8, 4) is 5.75 Å². The lowest BCUT2D eigenvalue weighted by atomic mass is 9.74. The highest BCUT2D eigenvalue weighted by molar-refractivity contribution is 5.85. The first-order chi connectivity index (χ1) is 18.2. The molecule has 0 radical (unpaired) electrons. The molecule has 0 N–H and O–H groups in total. The third-order valence-corrected chi connectivity index (χ3v) is 8.27. The summed E-state index contributed by atoms with van der Waals surface area (Å²) in [6.45, 7) is 3.43. The number of benzene rings is 1. The molecule has 1 aromatic rings. The predicted molar refractivity (Wildman–Crippen MR) is 125 cm³/mol. The molecule has 3 aliphatic rings. The summed E-state index contributed by atoms with van der Waals surface area (Å²) in [5, 5.41) is 0. The first kappa shape index (κ1) is 29.4. The Bertz CT molecular complexity index is 1080. The van der Waals surface area contributed by atoms with Crippen LogP contribution in [0, 0.1) is 11.3 Å². The van der Waals surface area contributed by atoms with E-state index in [9.17, 15) is 35.9 Å². The Hall–Kier alpha value is -2.54. The summed E-state index contributed by atoms with van der Waals surface area (Å²) >= 11 is 0. The molecule has 13 heteroatoms. The second kappa shape index (κ2) is 10.8. The summed E-state index contributed by atoms with van der Waals surface area (Å²) in [5.74, 6) is -2.49. The molecule has 39 heavy (non-hydrogen) atoms. The number of methoxy groups -OCH3 is 1. The molecule has 2 aliphatic heterocycles. The van der Waals surface area contributed by atoms with Crippen molar-refractivity contribution < 1.29 is 50.1 Å². The van der Waals surface area contributed by atoms with Gasteiger partial charge < -0.3 is 24.0 Å². The molecule has 4 rings (SSSR count). The molecule has 1 saturated carbocycles. The summed E-state index contributed by atoms with van der Waals surface area (Å²) < 4.78 is 97.3. The van der Waals surface area contributed by atoms with E-state index >= 15 is 0 Å². The highest BCUT2D eigenvalue weighted by Crippen LogP contribution is 2.49. The molecule has 0 aromatic heterocycles. The Morgan fingerprint density at radius 3 is 2.49 bits per heavy atom. The second-order valence-electron chi connectivity index (χ2n) is 10.7. The largest absolute Gasteiger partial charge is 0.473 e. The van der Waals surface area contributed by atoms with Crippen molar-refractivity contribution in [2.75, 3.05) is 27.1 Å². The summed E-state index contributed by atoms with van der Waals surface area (Å²) in [5.41, 5.74) is -1.81. The molecular formula is C26H32F6N2O5. The lowest BCUT2D eigenvalue weighted by molar-refractivity contribution is -0.197. The van der Waals surface area contributed by atoms with Crippen LogP contribution < -0.4 is 4.74 Å². The van der Waals surface area contributed by atoms with Gasteiger partial charge in [-0.15, -0.1) is 0 Å². The van der Waals surface area contributed by atoms with E-state index < -0.39 is 53.3 Å². The number of halogens is 6. The molecule has 0 bridgehead atoms. The van der Waals surface area contributed by atoms with E-state index in [0.29, 0.717) is 0 Å². The Labute approximate surface area is 222 Å². The standard InChI is InChI=1S/C26H32F6N2O5/c1-15(2)24(22(35)33-12-16-10-17(25(27,28)29)4-5-20(16)39-14-33)8-6-18(11-24)34(23(36)26(30,31)32)19-7-9-38-13-21(19)37-3/h4-5,10,15,18-19,21H,6-9,11-14H2,1-3H3/t18?,19?,21?,24-/m0/s1. The van der Waals surface area contributed by atoms with Crippen LogP contribution in [0.25, 0.3) is 0 Å². The van der Waals surface area contributed by atoms with Gasteiger partial charge in [0.25, 0.3) is 0 Å². The monoisotopic (exact) mass is 566 g/mol. The number of alkyl halides is 6. The minimum absolute atomic E-state index is 0.0228. The minimum atomic E-state index is -5.12. The molecule has 2 amide bonds. The lowest BCUT2D eigenvalue weighted by Crippen LogP contribution is -2.59. The van der Waals surface area contributed by atoms with Crippen molar-refractivity contribution in [1.82, 2.24) is 9.80 Å². The van der Waals surface area contributed by atoms with Crippen molar-refractivity contribution in [3.05, 3.63) is 29.3 Å². The summed E-state index contributed by atoms with van der Waals surface area (Å²) in [4.78, 5) is 28.8. The number of fused-ring (bicyclic) bond motifs is 1. The van der Waals surface area contributed by atoms with Crippen LogP contribution >= 0.6 is 0 Å². The van der Waals surface area contributed by atoms with Gasteiger partial charge in [-0.2, -0.15) is 26.3 Å². The fourth-order valence-corrected chi connectivity index (χ4v) is 6.09. The SMILES string of the molecule is COC1COCCC1N(C(=O)C(F)(F)F)C1CC[C@@](C(=O)N2COc3ccc(C(F)(F)F)cc3C2)(C(C)C)C1. The molecular weight excluding hydrogens is 534 g/mol. The molecule has 1 saturated heterocycles. The maximum absolute atomic E-state index is 13.9. The third-order valence-electron chi connectivity index (χ3n) is 8.27. The number of carbonyl (C=O) groups is 2. The normalized spacial score (nSPS) is 27.7. The Kier molecular flexibility index (Phi) is 8.15. The van der Waals surface area contributed by atoms with Crippen LogP contribution in [0.5, 0.6) is 5.75 Å². The number of ether oxygens (including phenoxy) is 3. The number of rotatable bonds is 5. The lowest BCUT2D eigenvalue weighted by Gasteiger charge is -2.44. The van der Waals surface area contributed by atoms with Crippen molar-refractivity contribution in [2.45, 2.75) is 76.6 Å². The molecule has 4 atom stereocenters. The molecule has 1 aliphatic carbocycles. The third kappa shape index (κ3) is 5.70.